The highest BCUT2D eigenvalue weighted by atomic mass is 35.5. The van der Waals surface area contributed by atoms with Crippen molar-refractivity contribution in [3.8, 4) is 0 Å². The van der Waals surface area contributed by atoms with Crippen LogP contribution in [0.3, 0.4) is 0 Å². The van der Waals surface area contributed by atoms with Crippen LogP contribution in [-0.2, 0) is 17.6 Å². The summed E-state index contributed by atoms with van der Waals surface area (Å²) in [5.74, 6) is 0.212. The second-order valence-electron chi connectivity index (χ2n) is 6.18. The lowest BCUT2D eigenvalue weighted by molar-refractivity contribution is -0.118. The summed E-state index contributed by atoms with van der Waals surface area (Å²) in [4.78, 5) is 25.8. The Morgan fingerprint density at radius 3 is 2.58 bits per heavy atom. The maximum atomic E-state index is 12.5. The summed E-state index contributed by atoms with van der Waals surface area (Å²) < 4.78 is 0. The van der Waals surface area contributed by atoms with E-state index < -0.39 is 0 Å². The Hall–Kier alpha value is -2.13. The number of benzene rings is 2. The summed E-state index contributed by atoms with van der Waals surface area (Å²) in [7, 11) is 0. The molecular formula is C20H20ClNO2. The van der Waals surface area contributed by atoms with Crippen molar-refractivity contribution in [2.75, 3.05) is 11.4 Å². The Labute approximate surface area is 147 Å². The molecule has 0 bridgehead atoms. The zero-order valence-electron chi connectivity index (χ0n) is 13.7. The number of carbonyl (C=O) groups is 2. The zero-order chi connectivity index (χ0) is 17.1. The van der Waals surface area contributed by atoms with Crippen LogP contribution >= 0.6 is 11.6 Å². The van der Waals surface area contributed by atoms with E-state index >= 15 is 0 Å². The lowest BCUT2D eigenvalue weighted by Crippen LogP contribution is -2.28. The summed E-state index contributed by atoms with van der Waals surface area (Å²) in [5.41, 5.74) is 3.95. The van der Waals surface area contributed by atoms with Gasteiger partial charge in [0.1, 0.15) is 0 Å². The molecule has 0 unspecified atom stereocenters. The van der Waals surface area contributed by atoms with E-state index in [0.717, 1.165) is 35.5 Å². The van der Waals surface area contributed by atoms with Gasteiger partial charge in [0.2, 0.25) is 5.91 Å². The average Bonchev–Trinajstić information content (AvgIpc) is 2.99. The Morgan fingerprint density at radius 2 is 1.88 bits per heavy atom. The van der Waals surface area contributed by atoms with E-state index in [-0.39, 0.29) is 11.7 Å². The normalized spacial score (nSPS) is 13.0. The number of nitrogens with zero attached hydrogens (tertiary/aromatic N) is 1. The van der Waals surface area contributed by atoms with Crippen molar-refractivity contribution in [3.63, 3.8) is 0 Å². The number of carbonyl (C=O) groups excluding carboxylic acids is 2. The van der Waals surface area contributed by atoms with Crippen LogP contribution in [-0.4, -0.2) is 18.2 Å². The van der Waals surface area contributed by atoms with E-state index in [1.54, 1.807) is 13.0 Å². The van der Waals surface area contributed by atoms with Gasteiger partial charge in [0.05, 0.1) is 0 Å². The van der Waals surface area contributed by atoms with Crippen molar-refractivity contribution in [1.29, 1.82) is 0 Å². The fourth-order valence-corrected chi connectivity index (χ4v) is 3.24. The first-order valence-corrected chi connectivity index (χ1v) is 8.61. The van der Waals surface area contributed by atoms with Crippen LogP contribution in [0.15, 0.2) is 42.5 Å². The molecule has 2 aromatic carbocycles. The Balaban J connectivity index is 1.59. The van der Waals surface area contributed by atoms with Crippen LogP contribution in [0.5, 0.6) is 0 Å². The summed E-state index contributed by atoms with van der Waals surface area (Å²) in [6, 6.07) is 13.4. The molecule has 1 amide bonds. The first kappa shape index (κ1) is 16.7. The van der Waals surface area contributed by atoms with E-state index in [4.69, 9.17) is 11.6 Å². The van der Waals surface area contributed by atoms with E-state index in [0.29, 0.717) is 18.5 Å². The van der Waals surface area contributed by atoms with Gasteiger partial charge in [0.15, 0.2) is 5.78 Å². The molecule has 0 spiro atoms. The van der Waals surface area contributed by atoms with Gasteiger partial charge >= 0.3 is 0 Å². The largest absolute Gasteiger partial charge is 0.312 e. The molecule has 0 saturated carbocycles. The van der Waals surface area contributed by atoms with Crippen molar-refractivity contribution in [2.45, 2.75) is 32.6 Å². The standard InChI is InChI=1S/C20H20ClNO2/c1-14(23)16-7-10-19-17(13-16)11-12-22(19)20(24)4-2-3-15-5-8-18(21)9-6-15/h5-10,13H,2-4,11-12H2,1H3. The monoisotopic (exact) mass is 341 g/mol. The zero-order valence-corrected chi connectivity index (χ0v) is 14.5. The summed E-state index contributed by atoms with van der Waals surface area (Å²) in [5, 5.41) is 0.730. The predicted octanol–water partition coefficient (Wildman–Crippen LogP) is 4.45. The highest BCUT2D eigenvalue weighted by Crippen LogP contribution is 2.29. The molecular weight excluding hydrogens is 322 g/mol. The molecule has 124 valence electrons. The first-order valence-electron chi connectivity index (χ1n) is 8.23. The number of halogens is 1. The molecule has 1 aliphatic heterocycles. The molecule has 0 N–H and O–H groups in total. The van der Waals surface area contributed by atoms with Crippen LogP contribution in [0.1, 0.15) is 41.3 Å². The second kappa shape index (κ2) is 7.18. The third-order valence-electron chi connectivity index (χ3n) is 4.45. The van der Waals surface area contributed by atoms with Crippen molar-refractivity contribution in [1.82, 2.24) is 0 Å². The quantitative estimate of drug-likeness (QED) is 0.753. The van der Waals surface area contributed by atoms with Gasteiger partial charge in [-0.25, -0.2) is 0 Å². The maximum Gasteiger partial charge on any atom is 0.227 e. The highest BCUT2D eigenvalue weighted by Gasteiger charge is 2.24. The number of rotatable bonds is 5. The van der Waals surface area contributed by atoms with Gasteiger partial charge in [-0.05, 0) is 67.6 Å². The predicted molar refractivity (Wildman–Crippen MR) is 96.9 cm³/mol. The van der Waals surface area contributed by atoms with Crippen molar-refractivity contribution < 1.29 is 9.59 Å². The summed E-state index contributed by atoms with van der Waals surface area (Å²) >= 11 is 5.88. The molecule has 1 heterocycles. The molecule has 0 aromatic heterocycles. The number of hydrogen-bond acceptors (Lipinski definition) is 2. The average molecular weight is 342 g/mol. The van der Waals surface area contributed by atoms with Crippen molar-refractivity contribution >= 4 is 29.0 Å². The van der Waals surface area contributed by atoms with Crippen LogP contribution < -0.4 is 4.90 Å². The van der Waals surface area contributed by atoms with Gasteiger partial charge in [-0.15, -0.1) is 0 Å². The number of ketones is 1. The van der Waals surface area contributed by atoms with E-state index in [1.165, 1.54) is 5.56 Å². The van der Waals surface area contributed by atoms with Gasteiger partial charge in [0.25, 0.3) is 0 Å². The number of amides is 1. The molecule has 0 fully saturated rings. The molecule has 0 saturated heterocycles. The summed E-state index contributed by atoms with van der Waals surface area (Å²) in [6.45, 7) is 2.27. The van der Waals surface area contributed by atoms with Gasteiger partial charge in [-0.1, -0.05) is 23.7 Å². The molecule has 24 heavy (non-hydrogen) atoms. The number of fused-ring (bicyclic) bond motifs is 1. The lowest BCUT2D eigenvalue weighted by Gasteiger charge is -2.17. The van der Waals surface area contributed by atoms with Crippen LogP contribution in [0, 0.1) is 0 Å². The molecule has 0 radical (unpaired) electrons. The van der Waals surface area contributed by atoms with E-state index in [1.807, 2.05) is 41.3 Å². The molecule has 2 aromatic rings. The van der Waals surface area contributed by atoms with Crippen molar-refractivity contribution in [3.05, 3.63) is 64.2 Å². The summed E-state index contributed by atoms with van der Waals surface area (Å²) in [6.07, 6.45) is 3.03. The van der Waals surface area contributed by atoms with Gasteiger partial charge in [-0.3, -0.25) is 9.59 Å². The maximum absolute atomic E-state index is 12.5. The molecule has 3 rings (SSSR count). The van der Waals surface area contributed by atoms with Crippen LogP contribution in [0.25, 0.3) is 0 Å². The van der Waals surface area contributed by atoms with E-state index in [2.05, 4.69) is 0 Å². The van der Waals surface area contributed by atoms with Gasteiger partial charge < -0.3 is 4.90 Å². The Kier molecular flexibility index (Phi) is 5.00. The van der Waals surface area contributed by atoms with Gasteiger partial charge in [0, 0.05) is 29.2 Å². The number of aryl methyl sites for hydroxylation is 1. The molecule has 4 heteroatoms. The third kappa shape index (κ3) is 3.68. The number of Topliss-reactive ketones (excluding diaryl/α,β-unsaturated/α-hetero) is 1. The molecule has 3 nitrogen and oxygen atoms in total. The van der Waals surface area contributed by atoms with E-state index in [9.17, 15) is 9.59 Å². The highest BCUT2D eigenvalue weighted by molar-refractivity contribution is 6.30. The Bertz CT molecular complexity index is 768. The minimum absolute atomic E-state index is 0.0607. The van der Waals surface area contributed by atoms with Crippen LogP contribution in [0.2, 0.25) is 5.02 Å². The molecule has 1 aliphatic rings. The third-order valence-corrected chi connectivity index (χ3v) is 4.70. The molecule has 0 atom stereocenters. The Morgan fingerprint density at radius 1 is 1.12 bits per heavy atom. The molecule has 0 aliphatic carbocycles. The topological polar surface area (TPSA) is 37.4 Å². The smallest absolute Gasteiger partial charge is 0.227 e. The lowest BCUT2D eigenvalue weighted by atomic mass is 10.1. The van der Waals surface area contributed by atoms with Gasteiger partial charge in [-0.2, -0.15) is 0 Å². The fourth-order valence-electron chi connectivity index (χ4n) is 3.11. The minimum atomic E-state index is 0.0607. The van der Waals surface area contributed by atoms with Crippen LogP contribution in [0.4, 0.5) is 5.69 Å². The second-order valence-corrected chi connectivity index (χ2v) is 6.61. The number of anilines is 1. The number of hydrogen-bond donors (Lipinski definition) is 0. The van der Waals surface area contributed by atoms with Crippen molar-refractivity contribution in [2.24, 2.45) is 0 Å². The minimum Gasteiger partial charge on any atom is -0.312 e. The fraction of sp³-hybridized carbons (Fsp3) is 0.300. The SMILES string of the molecule is CC(=O)c1ccc2c(c1)CCN2C(=O)CCCc1ccc(Cl)cc1. The first-order chi connectivity index (χ1) is 11.5.